The number of aryl methyl sites for hydroxylation is 1. The zero-order chi connectivity index (χ0) is 15.0. The fourth-order valence-corrected chi connectivity index (χ4v) is 3.82. The monoisotopic (exact) mass is 288 g/mol. The van der Waals surface area contributed by atoms with Crippen LogP contribution in [0.1, 0.15) is 37.8 Å². The number of fused-ring (bicyclic) bond motifs is 1. The highest BCUT2D eigenvalue weighted by molar-refractivity contribution is 5.56. The topological polar surface area (TPSA) is 24.5 Å². The van der Waals surface area contributed by atoms with E-state index in [4.69, 9.17) is 4.74 Å². The molecule has 1 aromatic rings. The van der Waals surface area contributed by atoms with Crippen molar-refractivity contribution in [1.29, 1.82) is 0 Å². The standard InChI is InChI=1S/C18H28N2O/c1-18(2)16(11-17(18)21-4)19-12-13-7-8-15-14(10-13)6-5-9-20(15)3/h7-8,10,16-17,19H,5-6,9,11-12H2,1-4H3. The molecular weight excluding hydrogens is 260 g/mol. The fourth-order valence-electron chi connectivity index (χ4n) is 3.82. The Labute approximate surface area is 128 Å². The molecule has 2 atom stereocenters. The van der Waals surface area contributed by atoms with Gasteiger partial charge in [-0.25, -0.2) is 0 Å². The van der Waals surface area contributed by atoms with Crippen molar-refractivity contribution in [2.24, 2.45) is 5.41 Å². The molecule has 1 aliphatic carbocycles. The molecule has 0 aromatic heterocycles. The lowest BCUT2D eigenvalue weighted by atomic mass is 9.64. The molecular formula is C18H28N2O. The molecule has 1 fully saturated rings. The molecule has 0 amide bonds. The third-order valence-corrected chi connectivity index (χ3v) is 5.51. The SMILES string of the molecule is COC1CC(NCc2ccc3c(c2)CCCN3C)C1(C)C. The summed E-state index contributed by atoms with van der Waals surface area (Å²) in [7, 11) is 4.01. The Bertz CT molecular complexity index is 512. The number of methoxy groups -OCH3 is 1. The second-order valence-electron chi connectivity index (χ2n) is 7.20. The predicted molar refractivity (Wildman–Crippen MR) is 87.9 cm³/mol. The van der Waals surface area contributed by atoms with Gasteiger partial charge >= 0.3 is 0 Å². The number of nitrogens with one attached hydrogen (secondary N) is 1. The van der Waals surface area contributed by atoms with Crippen LogP contribution < -0.4 is 10.2 Å². The highest BCUT2D eigenvalue weighted by atomic mass is 16.5. The van der Waals surface area contributed by atoms with E-state index in [1.54, 1.807) is 0 Å². The van der Waals surface area contributed by atoms with Crippen LogP contribution in [0.4, 0.5) is 5.69 Å². The van der Waals surface area contributed by atoms with E-state index in [9.17, 15) is 0 Å². The molecule has 1 N–H and O–H groups in total. The molecule has 2 aliphatic rings. The number of hydrogen-bond acceptors (Lipinski definition) is 3. The van der Waals surface area contributed by atoms with Crippen molar-refractivity contribution in [2.75, 3.05) is 25.6 Å². The van der Waals surface area contributed by atoms with E-state index in [1.165, 1.54) is 36.2 Å². The summed E-state index contributed by atoms with van der Waals surface area (Å²) in [5, 5.41) is 3.71. The minimum Gasteiger partial charge on any atom is -0.381 e. The number of ether oxygens (including phenoxy) is 1. The molecule has 1 aromatic carbocycles. The van der Waals surface area contributed by atoms with Crippen LogP contribution in [0.25, 0.3) is 0 Å². The van der Waals surface area contributed by atoms with Crippen LogP contribution >= 0.6 is 0 Å². The van der Waals surface area contributed by atoms with Gasteiger partial charge < -0.3 is 15.0 Å². The molecule has 1 saturated carbocycles. The molecule has 1 aliphatic heterocycles. The molecule has 116 valence electrons. The second-order valence-corrected chi connectivity index (χ2v) is 7.20. The van der Waals surface area contributed by atoms with Crippen LogP contribution in [-0.4, -0.2) is 32.8 Å². The van der Waals surface area contributed by atoms with Crippen molar-refractivity contribution >= 4 is 5.69 Å². The van der Waals surface area contributed by atoms with Crippen molar-refractivity contribution in [2.45, 2.75) is 51.8 Å². The highest BCUT2D eigenvalue weighted by Gasteiger charge is 2.48. The van der Waals surface area contributed by atoms with Gasteiger partial charge in [-0.3, -0.25) is 0 Å². The van der Waals surface area contributed by atoms with Gasteiger partial charge in [0, 0.05) is 44.4 Å². The van der Waals surface area contributed by atoms with E-state index >= 15 is 0 Å². The molecule has 0 bridgehead atoms. The summed E-state index contributed by atoms with van der Waals surface area (Å²) in [5.74, 6) is 0. The third-order valence-electron chi connectivity index (χ3n) is 5.51. The maximum absolute atomic E-state index is 5.52. The normalized spacial score (nSPS) is 27.1. The van der Waals surface area contributed by atoms with Crippen LogP contribution in [-0.2, 0) is 17.7 Å². The fraction of sp³-hybridized carbons (Fsp3) is 0.667. The Hall–Kier alpha value is -1.06. The molecule has 2 unspecified atom stereocenters. The van der Waals surface area contributed by atoms with Gasteiger partial charge in [0.25, 0.3) is 0 Å². The van der Waals surface area contributed by atoms with E-state index in [0.717, 1.165) is 13.0 Å². The van der Waals surface area contributed by atoms with Gasteiger partial charge in [-0.2, -0.15) is 0 Å². The number of hydrogen-bond donors (Lipinski definition) is 1. The minimum atomic E-state index is 0.239. The molecule has 21 heavy (non-hydrogen) atoms. The molecule has 3 nitrogen and oxygen atoms in total. The summed E-state index contributed by atoms with van der Waals surface area (Å²) in [6.07, 6.45) is 4.00. The average molecular weight is 288 g/mol. The maximum atomic E-state index is 5.52. The molecule has 3 rings (SSSR count). The van der Waals surface area contributed by atoms with Gasteiger partial charge in [-0.1, -0.05) is 26.0 Å². The summed E-state index contributed by atoms with van der Waals surface area (Å²) in [6.45, 7) is 6.73. The predicted octanol–water partition coefficient (Wildman–Crippen LogP) is 2.97. The highest BCUT2D eigenvalue weighted by Crippen LogP contribution is 2.42. The summed E-state index contributed by atoms with van der Waals surface area (Å²) in [4.78, 5) is 2.37. The summed E-state index contributed by atoms with van der Waals surface area (Å²) in [6, 6.07) is 7.50. The van der Waals surface area contributed by atoms with E-state index in [2.05, 4.69) is 49.3 Å². The zero-order valence-corrected chi connectivity index (χ0v) is 13.8. The largest absolute Gasteiger partial charge is 0.381 e. The van der Waals surface area contributed by atoms with Gasteiger partial charge in [0.2, 0.25) is 0 Å². The van der Waals surface area contributed by atoms with Crippen LogP contribution in [0.15, 0.2) is 18.2 Å². The average Bonchev–Trinajstić information content (AvgIpc) is 2.46. The van der Waals surface area contributed by atoms with Crippen LogP contribution in [0.5, 0.6) is 0 Å². The lowest BCUT2D eigenvalue weighted by Gasteiger charge is -2.51. The van der Waals surface area contributed by atoms with Gasteiger partial charge in [-0.05, 0) is 36.5 Å². The maximum Gasteiger partial charge on any atom is 0.0652 e. The zero-order valence-electron chi connectivity index (χ0n) is 13.8. The Kier molecular flexibility index (Phi) is 3.98. The first-order chi connectivity index (χ1) is 10.0. The van der Waals surface area contributed by atoms with E-state index in [1.807, 2.05) is 7.11 Å². The summed E-state index contributed by atoms with van der Waals surface area (Å²) >= 11 is 0. The van der Waals surface area contributed by atoms with Crippen molar-refractivity contribution in [3.05, 3.63) is 29.3 Å². The Morgan fingerprint density at radius 1 is 1.38 bits per heavy atom. The summed E-state index contributed by atoms with van der Waals surface area (Å²) < 4.78 is 5.52. The Morgan fingerprint density at radius 3 is 2.90 bits per heavy atom. The third kappa shape index (κ3) is 2.69. The lowest BCUT2D eigenvalue weighted by molar-refractivity contribution is -0.0979. The quantitative estimate of drug-likeness (QED) is 0.922. The molecule has 0 saturated heterocycles. The van der Waals surface area contributed by atoms with Crippen molar-refractivity contribution in [1.82, 2.24) is 5.32 Å². The molecule has 0 radical (unpaired) electrons. The van der Waals surface area contributed by atoms with E-state index in [-0.39, 0.29) is 5.41 Å². The molecule has 1 heterocycles. The van der Waals surface area contributed by atoms with E-state index < -0.39 is 0 Å². The first-order valence-electron chi connectivity index (χ1n) is 8.11. The lowest BCUT2D eigenvalue weighted by Crippen LogP contribution is -2.60. The first-order valence-corrected chi connectivity index (χ1v) is 8.11. The second kappa shape index (κ2) is 5.62. The molecule has 3 heteroatoms. The Balaban J connectivity index is 1.62. The number of benzene rings is 1. The Morgan fingerprint density at radius 2 is 2.19 bits per heavy atom. The van der Waals surface area contributed by atoms with Crippen LogP contribution in [0.2, 0.25) is 0 Å². The van der Waals surface area contributed by atoms with E-state index in [0.29, 0.717) is 12.1 Å². The van der Waals surface area contributed by atoms with Crippen LogP contribution in [0.3, 0.4) is 0 Å². The van der Waals surface area contributed by atoms with Gasteiger partial charge in [0.05, 0.1) is 6.10 Å². The smallest absolute Gasteiger partial charge is 0.0652 e. The summed E-state index contributed by atoms with van der Waals surface area (Å²) in [5.41, 5.74) is 4.56. The molecule has 0 spiro atoms. The number of rotatable bonds is 4. The van der Waals surface area contributed by atoms with Crippen molar-refractivity contribution in [3.63, 3.8) is 0 Å². The number of nitrogens with zero attached hydrogens (tertiary/aromatic N) is 1. The first kappa shape index (κ1) is 14.9. The van der Waals surface area contributed by atoms with Crippen LogP contribution in [0, 0.1) is 5.41 Å². The number of anilines is 1. The van der Waals surface area contributed by atoms with Crippen molar-refractivity contribution < 1.29 is 4.74 Å². The van der Waals surface area contributed by atoms with Gasteiger partial charge in [0.15, 0.2) is 0 Å². The van der Waals surface area contributed by atoms with Crippen molar-refractivity contribution in [3.8, 4) is 0 Å². The van der Waals surface area contributed by atoms with Gasteiger partial charge in [0.1, 0.15) is 0 Å². The minimum absolute atomic E-state index is 0.239. The van der Waals surface area contributed by atoms with Gasteiger partial charge in [-0.15, -0.1) is 0 Å².